The zero-order valence-electron chi connectivity index (χ0n) is 17.8. The molecule has 5 nitrogen and oxygen atoms in total. The zero-order chi connectivity index (χ0) is 21.4. The molecule has 0 bridgehead atoms. The average Bonchev–Trinajstić information content (AvgIpc) is 3.28. The molecule has 30 heavy (non-hydrogen) atoms. The fraction of sp³-hybridized carbons (Fsp3) is 0.435. The molecule has 1 unspecified atom stereocenters. The van der Waals surface area contributed by atoms with Crippen LogP contribution in [-0.2, 0) is 17.6 Å². The highest BCUT2D eigenvalue weighted by molar-refractivity contribution is 7.99. The lowest BCUT2D eigenvalue weighted by Gasteiger charge is -2.17. The van der Waals surface area contributed by atoms with Crippen LogP contribution in [0.5, 0.6) is 0 Å². The van der Waals surface area contributed by atoms with E-state index in [1.807, 2.05) is 38.1 Å². The first kappa shape index (κ1) is 21.1. The summed E-state index contributed by atoms with van der Waals surface area (Å²) in [4.78, 5) is 33.0. The number of hydrogen-bond donors (Lipinski definition) is 1. The molecule has 3 aromatic rings. The number of rotatable bonds is 6. The number of benzene rings is 1. The standard InChI is InChI=1S/C23H27N3O2S2/c1-13(2)15(4)24-19(27)12-29-23-25-21-20(17-6-5-7-18(17)30-21)22(28)26(23)16-10-8-14(3)9-11-16/h8-11,13,15H,5-7,12H2,1-4H3,(H,24,27). The lowest BCUT2D eigenvalue weighted by atomic mass is 10.1. The maximum atomic E-state index is 13.6. The molecule has 1 aliphatic rings. The average molecular weight is 442 g/mol. The lowest BCUT2D eigenvalue weighted by Crippen LogP contribution is -2.37. The van der Waals surface area contributed by atoms with E-state index in [9.17, 15) is 9.59 Å². The Labute approximate surface area is 184 Å². The van der Waals surface area contributed by atoms with Gasteiger partial charge in [-0.3, -0.25) is 14.2 Å². The molecule has 2 aromatic heterocycles. The van der Waals surface area contributed by atoms with Gasteiger partial charge in [-0.1, -0.05) is 43.3 Å². The number of hydrogen-bond acceptors (Lipinski definition) is 5. The molecular weight excluding hydrogens is 414 g/mol. The Morgan fingerprint density at radius 1 is 1.23 bits per heavy atom. The predicted molar refractivity (Wildman–Crippen MR) is 125 cm³/mol. The summed E-state index contributed by atoms with van der Waals surface area (Å²) in [5, 5.41) is 4.36. The van der Waals surface area contributed by atoms with E-state index in [1.54, 1.807) is 15.9 Å². The van der Waals surface area contributed by atoms with Crippen molar-refractivity contribution in [2.45, 2.75) is 58.2 Å². The summed E-state index contributed by atoms with van der Waals surface area (Å²) in [6.45, 7) is 8.19. The van der Waals surface area contributed by atoms with Gasteiger partial charge in [0.05, 0.1) is 16.8 Å². The smallest absolute Gasteiger partial charge is 0.267 e. The molecule has 7 heteroatoms. The van der Waals surface area contributed by atoms with Gasteiger partial charge in [0.1, 0.15) is 4.83 Å². The minimum absolute atomic E-state index is 0.0262. The van der Waals surface area contributed by atoms with Gasteiger partial charge in [-0.25, -0.2) is 4.98 Å². The van der Waals surface area contributed by atoms with Crippen molar-refractivity contribution < 1.29 is 4.79 Å². The number of thioether (sulfide) groups is 1. The Morgan fingerprint density at radius 2 is 1.97 bits per heavy atom. The molecule has 0 radical (unpaired) electrons. The Balaban J connectivity index is 1.74. The number of fused-ring (bicyclic) bond motifs is 3. The number of nitrogens with one attached hydrogen (secondary N) is 1. The van der Waals surface area contributed by atoms with Gasteiger partial charge >= 0.3 is 0 Å². The molecule has 0 aliphatic heterocycles. The van der Waals surface area contributed by atoms with E-state index < -0.39 is 0 Å². The van der Waals surface area contributed by atoms with E-state index in [4.69, 9.17) is 4.98 Å². The summed E-state index contributed by atoms with van der Waals surface area (Å²) in [5.74, 6) is 0.554. The van der Waals surface area contributed by atoms with Crippen molar-refractivity contribution in [1.82, 2.24) is 14.9 Å². The van der Waals surface area contributed by atoms with Crippen LogP contribution in [0, 0.1) is 12.8 Å². The largest absolute Gasteiger partial charge is 0.353 e. The molecule has 0 saturated carbocycles. The van der Waals surface area contributed by atoms with Gasteiger partial charge in [0, 0.05) is 10.9 Å². The molecule has 0 spiro atoms. The number of aryl methyl sites for hydroxylation is 3. The quantitative estimate of drug-likeness (QED) is 0.452. The van der Waals surface area contributed by atoms with E-state index in [2.05, 4.69) is 19.2 Å². The molecule has 1 atom stereocenters. The van der Waals surface area contributed by atoms with Gasteiger partial charge in [0.2, 0.25) is 5.91 Å². The Hall–Kier alpha value is -2.12. The third-order valence-electron chi connectivity index (χ3n) is 5.72. The molecule has 1 amide bonds. The summed E-state index contributed by atoms with van der Waals surface area (Å²) < 4.78 is 1.68. The van der Waals surface area contributed by atoms with Crippen LogP contribution >= 0.6 is 23.1 Å². The summed E-state index contributed by atoms with van der Waals surface area (Å²) in [5.41, 5.74) is 3.07. The third kappa shape index (κ3) is 4.05. The van der Waals surface area contributed by atoms with Crippen molar-refractivity contribution >= 4 is 39.2 Å². The van der Waals surface area contributed by atoms with Gasteiger partial charge in [-0.15, -0.1) is 11.3 Å². The predicted octanol–water partition coefficient (Wildman–Crippen LogP) is 4.50. The highest BCUT2D eigenvalue weighted by Gasteiger charge is 2.24. The highest BCUT2D eigenvalue weighted by atomic mass is 32.2. The molecule has 1 aliphatic carbocycles. The Bertz CT molecular complexity index is 1150. The number of amides is 1. The van der Waals surface area contributed by atoms with Gasteiger partial charge in [0.15, 0.2) is 5.16 Å². The molecule has 1 aromatic carbocycles. The van der Waals surface area contributed by atoms with Crippen molar-refractivity contribution in [2.24, 2.45) is 5.92 Å². The van der Waals surface area contributed by atoms with E-state index in [-0.39, 0.29) is 23.3 Å². The molecule has 1 N–H and O–H groups in total. The molecular formula is C23H27N3O2S2. The Morgan fingerprint density at radius 3 is 2.67 bits per heavy atom. The fourth-order valence-electron chi connectivity index (χ4n) is 3.64. The lowest BCUT2D eigenvalue weighted by molar-refractivity contribution is -0.119. The van der Waals surface area contributed by atoms with Crippen molar-refractivity contribution in [1.29, 1.82) is 0 Å². The van der Waals surface area contributed by atoms with Crippen LogP contribution < -0.4 is 10.9 Å². The first-order valence-corrected chi connectivity index (χ1v) is 12.2. The van der Waals surface area contributed by atoms with Crippen LogP contribution in [0.1, 0.15) is 43.2 Å². The van der Waals surface area contributed by atoms with Crippen molar-refractivity contribution in [3.05, 3.63) is 50.6 Å². The van der Waals surface area contributed by atoms with Gasteiger partial charge in [-0.2, -0.15) is 0 Å². The van der Waals surface area contributed by atoms with Gasteiger partial charge in [0.25, 0.3) is 5.56 Å². The van der Waals surface area contributed by atoms with Crippen LogP contribution in [0.15, 0.2) is 34.2 Å². The molecule has 4 rings (SSSR count). The Kier molecular flexibility index (Phi) is 6.02. The summed E-state index contributed by atoms with van der Waals surface area (Å²) in [6.07, 6.45) is 3.08. The van der Waals surface area contributed by atoms with Gasteiger partial charge in [-0.05, 0) is 56.7 Å². The number of aromatic nitrogens is 2. The van der Waals surface area contributed by atoms with Crippen molar-refractivity contribution in [2.75, 3.05) is 5.75 Å². The molecule has 2 heterocycles. The summed E-state index contributed by atoms with van der Waals surface area (Å²) in [6, 6.07) is 7.99. The van der Waals surface area contributed by atoms with Crippen LogP contribution in [0.2, 0.25) is 0 Å². The van der Waals surface area contributed by atoms with E-state index in [0.29, 0.717) is 11.1 Å². The molecule has 0 saturated heterocycles. The second-order valence-corrected chi connectivity index (χ2v) is 10.3. The molecule has 0 fully saturated rings. The third-order valence-corrected chi connectivity index (χ3v) is 7.85. The van der Waals surface area contributed by atoms with Crippen molar-refractivity contribution in [3.63, 3.8) is 0 Å². The summed E-state index contributed by atoms with van der Waals surface area (Å²) in [7, 11) is 0. The first-order chi connectivity index (χ1) is 14.3. The van der Waals surface area contributed by atoms with E-state index >= 15 is 0 Å². The second kappa shape index (κ2) is 8.55. The number of thiophene rings is 1. The fourth-order valence-corrected chi connectivity index (χ4v) is 5.76. The van der Waals surface area contributed by atoms with Gasteiger partial charge < -0.3 is 5.32 Å². The van der Waals surface area contributed by atoms with Crippen LogP contribution in [0.25, 0.3) is 15.9 Å². The SMILES string of the molecule is Cc1ccc(-n2c(SCC(=O)NC(C)C(C)C)nc3sc4c(c3c2=O)CCC4)cc1. The normalized spacial score (nSPS) is 14.3. The topological polar surface area (TPSA) is 64.0 Å². The van der Waals surface area contributed by atoms with Crippen LogP contribution in [-0.4, -0.2) is 27.3 Å². The minimum Gasteiger partial charge on any atom is -0.353 e. The zero-order valence-corrected chi connectivity index (χ0v) is 19.5. The highest BCUT2D eigenvalue weighted by Crippen LogP contribution is 2.36. The number of nitrogens with zero attached hydrogens (tertiary/aromatic N) is 2. The maximum Gasteiger partial charge on any atom is 0.267 e. The van der Waals surface area contributed by atoms with E-state index in [0.717, 1.165) is 40.7 Å². The molecule has 158 valence electrons. The number of carbonyl (C=O) groups excluding carboxylic acids is 1. The van der Waals surface area contributed by atoms with Crippen LogP contribution in [0.4, 0.5) is 0 Å². The maximum absolute atomic E-state index is 13.6. The summed E-state index contributed by atoms with van der Waals surface area (Å²) >= 11 is 2.96. The van der Waals surface area contributed by atoms with Crippen LogP contribution in [0.3, 0.4) is 0 Å². The van der Waals surface area contributed by atoms with Crippen molar-refractivity contribution in [3.8, 4) is 5.69 Å². The first-order valence-electron chi connectivity index (χ1n) is 10.4. The monoisotopic (exact) mass is 441 g/mol. The van der Waals surface area contributed by atoms with E-state index in [1.165, 1.54) is 22.2 Å². The number of carbonyl (C=O) groups is 1. The minimum atomic E-state index is -0.0420. The second-order valence-electron chi connectivity index (χ2n) is 8.30.